The Hall–Kier alpha value is 0.202. The average molecular weight is 225 g/mol. The van der Waals surface area contributed by atoms with Crippen LogP contribution in [0.1, 0.15) is 53.9 Å². The van der Waals surface area contributed by atoms with E-state index in [1.165, 1.54) is 6.21 Å². The van der Waals surface area contributed by atoms with Gasteiger partial charge in [0.05, 0.1) is 0 Å². The van der Waals surface area contributed by atoms with Crippen molar-refractivity contribution >= 4 is 23.6 Å². The summed E-state index contributed by atoms with van der Waals surface area (Å²) in [5.41, 5.74) is 0. The van der Waals surface area contributed by atoms with Gasteiger partial charge in [-0.2, -0.15) is 11.8 Å². The van der Waals surface area contributed by atoms with Gasteiger partial charge in [0.25, 0.3) is 0 Å². The van der Waals surface area contributed by atoms with Crippen LogP contribution in [-0.2, 0) is 0 Å². The first-order valence-electron chi connectivity index (χ1n) is 5.50. The summed E-state index contributed by atoms with van der Waals surface area (Å²) >= 11 is 0. The van der Waals surface area contributed by atoms with Crippen molar-refractivity contribution < 1.29 is 0 Å². The van der Waals surface area contributed by atoms with E-state index in [1.54, 1.807) is 0 Å². The van der Waals surface area contributed by atoms with Gasteiger partial charge < -0.3 is 19.3 Å². The Bertz CT molecular complexity index is 79.0. The van der Waals surface area contributed by atoms with Crippen molar-refractivity contribution in [2.75, 3.05) is 0 Å². The van der Waals surface area contributed by atoms with Crippen LogP contribution in [0.2, 0.25) is 0 Å². The zero-order chi connectivity index (χ0) is 12.0. The molecule has 0 amide bonds. The molecule has 1 nitrogen and oxygen atoms in total. The van der Waals surface area contributed by atoms with Crippen molar-refractivity contribution in [3.05, 3.63) is 19.3 Å². The van der Waals surface area contributed by atoms with Crippen molar-refractivity contribution in [3.8, 4) is 0 Å². The second-order valence-corrected chi connectivity index (χ2v) is 4.11. The third-order valence-corrected chi connectivity index (χ3v) is 0.687. The molecule has 0 rings (SSSR count). The molecule has 0 aliphatic rings. The summed E-state index contributed by atoms with van der Waals surface area (Å²) in [6, 6.07) is 0. The molecule has 2 heteroatoms. The molecule has 0 heterocycles. The SMILES string of the molecule is CCCCC=[N-].[Al+3].[CH2-]C(C)C.[CH2-]C(C)C. The van der Waals surface area contributed by atoms with Crippen molar-refractivity contribution in [1.29, 1.82) is 0 Å². The molecule has 15 heavy (non-hydrogen) atoms. The van der Waals surface area contributed by atoms with Gasteiger partial charge in [-0.15, -0.1) is 0 Å². The van der Waals surface area contributed by atoms with Gasteiger partial charge in [0.15, 0.2) is 0 Å². The summed E-state index contributed by atoms with van der Waals surface area (Å²) < 4.78 is 0. The molecule has 0 fully saturated rings. The molecule has 0 bridgehead atoms. The largest absolute Gasteiger partial charge is 3.00 e. The molecule has 0 N–H and O–H groups in total. The van der Waals surface area contributed by atoms with Gasteiger partial charge in [-0.05, 0) is 0 Å². The number of unbranched alkanes of at least 4 members (excludes halogenated alkanes) is 2. The van der Waals surface area contributed by atoms with E-state index in [-0.39, 0.29) is 17.4 Å². The minimum Gasteiger partial charge on any atom is -0.814 e. The minimum atomic E-state index is 0. The third kappa shape index (κ3) is 206. The Balaban J connectivity index is -0.0000000606. The second kappa shape index (κ2) is 23.8. The Morgan fingerprint density at radius 3 is 1.40 bits per heavy atom. The van der Waals surface area contributed by atoms with Crippen LogP contribution in [0.15, 0.2) is 0 Å². The second-order valence-electron chi connectivity index (χ2n) is 4.11. The fraction of sp³-hybridized carbons (Fsp3) is 0.769. The van der Waals surface area contributed by atoms with Gasteiger partial charge in [0.1, 0.15) is 0 Å². The van der Waals surface area contributed by atoms with E-state index in [9.17, 15) is 0 Å². The van der Waals surface area contributed by atoms with Crippen LogP contribution in [0.4, 0.5) is 0 Å². The molecule has 0 unspecified atom stereocenters. The van der Waals surface area contributed by atoms with E-state index >= 15 is 0 Å². The first-order chi connectivity index (χ1) is 6.38. The van der Waals surface area contributed by atoms with Crippen LogP contribution in [0.25, 0.3) is 5.41 Å². The summed E-state index contributed by atoms with van der Waals surface area (Å²) in [4.78, 5) is 0. The van der Waals surface area contributed by atoms with Gasteiger partial charge >= 0.3 is 17.4 Å². The molecular weight excluding hydrogens is 197 g/mol. The molecule has 0 saturated carbocycles. The zero-order valence-corrected chi connectivity index (χ0v) is 12.4. The standard InChI is InChI=1S/C5H10N.2C4H9.Al/c1-2-3-4-5-6;2*1-4(2)3;/h5H,2-4H2,1H3;2*4H,1H2,2-3H3;/q3*-1;+3. The molecule has 0 atom stereocenters. The average Bonchev–Trinajstić information content (AvgIpc) is 1.98. The van der Waals surface area contributed by atoms with Crippen molar-refractivity contribution in [1.82, 2.24) is 0 Å². The molecule has 0 aliphatic carbocycles. The molecule has 0 saturated heterocycles. The number of hydrogen-bond acceptors (Lipinski definition) is 0. The first kappa shape index (κ1) is 24.4. The Labute approximate surface area is 109 Å². The summed E-state index contributed by atoms with van der Waals surface area (Å²) in [6.07, 6.45) is 4.33. The summed E-state index contributed by atoms with van der Waals surface area (Å²) in [5, 5.41) is 8.07. The van der Waals surface area contributed by atoms with Crippen LogP contribution in [-0.4, -0.2) is 23.6 Å². The summed E-state index contributed by atoms with van der Waals surface area (Å²) in [5.74, 6) is 1.17. The van der Waals surface area contributed by atoms with Gasteiger partial charge in [-0.1, -0.05) is 53.9 Å². The number of nitrogens with zero attached hydrogens (tertiary/aromatic N) is 1. The molecule has 0 aromatic carbocycles. The van der Waals surface area contributed by atoms with Crippen molar-refractivity contribution in [2.45, 2.75) is 53.9 Å². The minimum absolute atomic E-state index is 0. The van der Waals surface area contributed by atoms with Crippen LogP contribution >= 0.6 is 0 Å². The maximum absolute atomic E-state index is 8.07. The maximum atomic E-state index is 8.07. The third-order valence-electron chi connectivity index (χ3n) is 0.687. The summed E-state index contributed by atoms with van der Waals surface area (Å²) in [7, 11) is 0. The quantitative estimate of drug-likeness (QED) is 0.294. The first-order valence-corrected chi connectivity index (χ1v) is 5.50. The molecule has 0 aromatic rings. The monoisotopic (exact) mass is 225 g/mol. The van der Waals surface area contributed by atoms with Gasteiger partial charge in [0, 0.05) is 0 Å². The van der Waals surface area contributed by atoms with Gasteiger partial charge in [-0.3, -0.25) is 0 Å². The Kier molecular flexibility index (Phi) is 38.7. The number of rotatable bonds is 3. The van der Waals surface area contributed by atoms with Crippen LogP contribution in [0, 0.1) is 25.7 Å². The van der Waals surface area contributed by atoms with E-state index in [1.807, 2.05) is 0 Å². The maximum Gasteiger partial charge on any atom is 3.00 e. The number of hydrogen-bond donors (Lipinski definition) is 0. The normalized spacial score (nSPS) is 8.07. The molecule has 0 aromatic heterocycles. The van der Waals surface area contributed by atoms with E-state index in [2.05, 4.69) is 48.5 Å². The van der Waals surface area contributed by atoms with E-state index in [4.69, 9.17) is 5.41 Å². The predicted octanol–water partition coefficient (Wildman–Crippen LogP) is 4.39. The summed E-state index contributed by atoms with van der Waals surface area (Å²) in [6.45, 7) is 17.6. The van der Waals surface area contributed by atoms with Crippen LogP contribution < -0.4 is 0 Å². The smallest absolute Gasteiger partial charge is 0.814 e. The van der Waals surface area contributed by atoms with Gasteiger partial charge in [0.2, 0.25) is 0 Å². The predicted molar refractivity (Wildman–Crippen MR) is 75.1 cm³/mol. The molecule has 0 radical (unpaired) electrons. The zero-order valence-electron chi connectivity index (χ0n) is 11.3. The fourth-order valence-corrected chi connectivity index (χ4v) is 0.295. The molecular formula is C13H28AlN. The van der Waals surface area contributed by atoms with Crippen molar-refractivity contribution in [3.63, 3.8) is 0 Å². The van der Waals surface area contributed by atoms with Crippen molar-refractivity contribution in [2.24, 2.45) is 11.8 Å². The fourth-order valence-electron chi connectivity index (χ4n) is 0.295. The molecule has 0 aliphatic heterocycles. The topological polar surface area (TPSA) is 22.3 Å². The Morgan fingerprint density at radius 2 is 1.33 bits per heavy atom. The van der Waals surface area contributed by atoms with Crippen LogP contribution in [0.5, 0.6) is 0 Å². The van der Waals surface area contributed by atoms with E-state index in [0.717, 1.165) is 19.3 Å². The van der Waals surface area contributed by atoms with E-state index in [0.29, 0.717) is 11.8 Å². The van der Waals surface area contributed by atoms with Crippen LogP contribution in [0.3, 0.4) is 0 Å². The van der Waals surface area contributed by atoms with Gasteiger partial charge in [-0.25, -0.2) is 6.21 Å². The Morgan fingerprint density at radius 1 is 1.07 bits per heavy atom. The molecule has 88 valence electrons. The molecule has 0 spiro atoms. The van der Waals surface area contributed by atoms with E-state index < -0.39 is 0 Å².